The van der Waals surface area contributed by atoms with Gasteiger partial charge in [-0.05, 0) is 37.1 Å². The summed E-state index contributed by atoms with van der Waals surface area (Å²) in [6, 6.07) is 12.2. The summed E-state index contributed by atoms with van der Waals surface area (Å²) in [6.07, 6.45) is 0.853. The third kappa shape index (κ3) is 6.69. The van der Waals surface area contributed by atoms with Crippen LogP contribution in [0.5, 0.6) is 0 Å². The molecule has 6 nitrogen and oxygen atoms in total. The number of nitrogens with zero attached hydrogens (tertiary/aromatic N) is 3. The zero-order valence-corrected chi connectivity index (χ0v) is 21.2. The van der Waals surface area contributed by atoms with Crippen molar-refractivity contribution >= 4 is 41.3 Å². The number of aliphatic imine (C=N–C) groups is 1. The highest BCUT2D eigenvalue weighted by Gasteiger charge is 2.25. The number of guanidine groups is 1. The van der Waals surface area contributed by atoms with Crippen molar-refractivity contribution < 1.29 is 13.5 Å². The molecule has 2 aromatic rings. The van der Waals surface area contributed by atoms with Gasteiger partial charge in [-0.1, -0.05) is 18.2 Å². The van der Waals surface area contributed by atoms with Crippen LogP contribution in [0, 0.1) is 11.6 Å². The van der Waals surface area contributed by atoms with Gasteiger partial charge in [-0.15, -0.1) is 24.0 Å². The lowest BCUT2D eigenvalue weighted by Gasteiger charge is -2.30. The Morgan fingerprint density at radius 2 is 1.85 bits per heavy atom. The SMILES string of the molecule is CCNC(=NCc1ccccc1N1CCOCC1)NC1CCN(c2ccc(F)cc2F)C1.I. The van der Waals surface area contributed by atoms with Gasteiger partial charge in [0.05, 0.1) is 25.4 Å². The van der Waals surface area contributed by atoms with Crippen LogP contribution in [0.2, 0.25) is 0 Å². The first-order chi connectivity index (χ1) is 15.6. The number of hydrogen-bond donors (Lipinski definition) is 2. The van der Waals surface area contributed by atoms with Gasteiger partial charge in [0, 0.05) is 50.5 Å². The van der Waals surface area contributed by atoms with E-state index >= 15 is 0 Å². The van der Waals surface area contributed by atoms with Crippen LogP contribution in [0.25, 0.3) is 0 Å². The maximum absolute atomic E-state index is 14.2. The van der Waals surface area contributed by atoms with E-state index in [-0.39, 0.29) is 30.0 Å². The van der Waals surface area contributed by atoms with E-state index in [9.17, 15) is 8.78 Å². The molecule has 0 aromatic heterocycles. The van der Waals surface area contributed by atoms with Gasteiger partial charge >= 0.3 is 0 Å². The lowest BCUT2D eigenvalue weighted by Crippen LogP contribution is -2.44. The molecule has 0 radical (unpaired) electrons. The van der Waals surface area contributed by atoms with Crippen LogP contribution in [0.15, 0.2) is 47.5 Å². The van der Waals surface area contributed by atoms with E-state index in [4.69, 9.17) is 9.73 Å². The number of halogens is 3. The molecule has 0 saturated carbocycles. The van der Waals surface area contributed by atoms with E-state index in [1.165, 1.54) is 23.4 Å². The van der Waals surface area contributed by atoms with Crippen molar-refractivity contribution in [3.63, 3.8) is 0 Å². The lowest BCUT2D eigenvalue weighted by atomic mass is 10.1. The van der Waals surface area contributed by atoms with E-state index < -0.39 is 11.6 Å². The minimum absolute atomic E-state index is 0. The molecule has 2 fully saturated rings. The molecule has 180 valence electrons. The molecule has 9 heteroatoms. The normalized spacial score (nSPS) is 18.8. The van der Waals surface area contributed by atoms with Gasteiger partial charge in [-0.2, -0.15) is 0 Å². The summed E-state index contributed by atoms with van der Waals surface area (Å²) >= 11 is 0. The molecule has 2 aromatic carbocycles. The molecule has 1 atom stereocenters. The number of benzene rings is 2. The van der Waals surface area contributed by atoms with Crippen LogP contribution in [0.4, 0.5) is 20.2 Å². The molecular weight excluding hydrogens is 539 g/mol. The summed E-state index contributed by atoms with van der Waals surface area (Å²) in [4.78, 5) is 9.12. The molecule has 2 aliphatic rings. The first kappa shape index (κ1) is 25.5. The van der Waals surface area contributed by atoms with Crippen LogP contribution in [0.1, 0.15) is 18.9 Å². The van der Waals surface area contributed by atoms with Crippen LogP contribution in [0.3, 0.4) is 0 Å². The molecule has 1 unspecified atom stereocenters. The highest BCUT2D eigenvalue weighted by atomic mass is 127. The molecule has 0 bridgehead atoms. The van der Waals surface area contributed by atoms with Crippen LogP contribution >= 0.6 is 24.0 Å². The van der Waals surface area contributed by atoms with Gasteiger partial charge in [0.2, 0.25) is 0 Å². The van der Waals surface area contributed by atoms with Crippen molar-refractivity contribution in [3.05, 3.63) is 59.7 Å². The van der Waals surface area contributed by atoms with Crippen molar-refractivity contribution in [1.82, 2.24) is 10.6 Å². The zero-order valence-electron chi connectivity index (χ0n) is 18.9. The van der Waals surface area contributed by atoms with E-state index in [2.05, 4.69) is 33.7 Å². The van der Waals surface area contributed by atoms with Crippen LogP contribution in [-0.4, -0.2) is 57.9 Å². The van der Waals surface area contributed by atoms with Crippen molar-refractivity contribution in [2.45, 2.75) is 25.9 Å². The highest BCUT2D eigenvalue weighted by molar-refractivity contribution is 14.0. The number of morpholine rings is 1. The van der Waals surface area contributed by atoms with Crippen molar-refractivity contribution in [1.29, 1.82) is 0 Å². The maximum Gasteiger partial charge on any atom is 0.191 e. The Morgan fingerprint density at radius 3 is 2.61 bits per heavy atom. The zero-order chi connectivity index (χ0) is 22.3. The van der Waals surface area contributed by atoms with Crippen LogP contribution < -0.4 is 20.4 Å². The summed E-state index contributed by atoms with van der Waals surface area (Å²) in [5.74, 6) is -0.333. The number of nitrogens with one attached hydrogen (secondary N) is 2. The van der Waals surface area contributed by atoms with E-state index in [1.54, 1.807) is 0 Å². The van der Waals surface area contributed by atoms with E-state index in [0.717, 1.165) is 51.3 Å². The average Bonchev–Trinajstić information content (AvgIpc) is 3.26. The van der Waals surface area contributed by atoms with Crippen LogP contribution in [-0.2, 0) is 11.3 Å². The largest absolute Gasteiger partial charge is 0.378 e. The molecule has 4 rings (SSSR count). The Bertz CT molecular complexity index is 939. The smallest absolute Gasteiger partial charge is 0.191 e. The third-order valence-electron chi connectivity index (χ3n) is 5.87. The topological polar surface area (TPSA) is 52.1 Å². The quantitative estimate of drug-likeness (QED) is 0.315. The molecule has 0 amide bonds. The summed E-state index contributed by atoms with van der Waals surface area (Å²) < 4.78 is 32.9. The Balaban J connectivity index is 0.00000306. The first-order valence-electron chi connectivity index (χ1n) is 11.3. The number of rotatable bonds is 6. The fraction of sp³-hybridized carbons (Fsp3) is 0.458. The second kappa shape index (κ2) is 12.4. The first-order valence-corrected chi connectivity index (χ1v) is 11.3. The maximum atomic E-state index is 14.2. The minimum atomic E-state index is -0.556. The van der Waals surface area contributed by atoms with Crippen molar-refractivity contribution in [3.8, 4) is 0 Å². The number of anilines is 2. The number of hydrogen-bond acceptors (Lipinski definition) is 4. The lowest BCUT2D eigenvalue weighted by molar-refractivity contribution is 0.122. The Hall–Kier alpha value is -2.14. The number of para-hydroxylation sites is 1. The number of ether oxygens (including phenoxy) is 1. The molecular formula is C24H32F2IN5O. The summed E-state index contributed by atoms with van der Waals surface area (Å²) in [7, 11) is 0. The summed E-state index contributed by atoms with van der Waals surface area (Å²) in [5, 5.41) is 6.80. The minimum Gasteiger partial charge on any atom is -0.378 e. The predicted molar refractivity (Wildman–Crippen MR) is 140 cm³/mol. The molecule has 0 aliphatic carbocycles. The fourth-order valence-corrected chi connectivity index (χ4v) is 4.27. The van der Waals surface area contributed by atoms with E-state index in [0.29, 0.717) is 25.3 Å². The molecule has 2 saturated heterocycles. The Morgan fingerprint density at radius 1 is 1.06 bits per heavy atom. The molecule has 33 heavy (non-hydrogen) atoms. The fourth-order valence-electron chi connectivity index (χ4n) is 4.27. The Kier molecular flexibility index (Phi) is 9.54. The Labute approximate surface area is 211 Å². The molecule has 2 aliphatic heterocycles. The third-order valence-corrected chi connectivity index (χ3v) is 5.87. The standard InChI is InChI=1S/C24H31F2N5O.HI/c1-2-27-24(28-16-18-5-3-4-6-22(18)30-11-13-32-14-12-30)29-20-9-10-31(17-20)23-8-7-19(25)15-21(23)26;/h3-8,15,20H,2,9-14,16-17H2,1H3,(H2,27,28,29);1H. The van der Waals surface area contributed by atoms with Gasteiger partial charge in [0.15, 0.2) is 5.96 Å². The van der Waals surface area contributed by atoms with Crippen molar-refractivity contribution in [2.75, 3.05) is 55.7 Å². The summed E-state index contributed by atoms with van der Waals surface area (Å²) in [6.45, 7) is 7.95. The summed E-state index contributed by atoms with van der Waals surface area (Å²) in [5.41, 5.74) is 2.82. The second-order valence-electron chi connectivity index (χ2n) is 8.09. The van der Waals surface area contributed by atoms with Gasteiger partial charge in [0.25, 0.3) is 0 Å². The van der Waals surface area contributed by atoms with Gasteiger partial charge < -0.3 is 25.2 Å². The highest BCUT2D eigenvalue weighted by Crippen LogP contribution is 2.25. The molecule has 0 spiro atoms. The van der Waals surface area contributed by atoms with E-state index in [1.807, 2.05) is 17.9 Å². The molecule has 2 heterocycles. The molecule has 2 N–H and O–H groups in total. The predicted octanol–water partition coefficient (Wildman–Crippen LogP) is 3.75. The van der Waals surface area contributed by atoms with Crippen molar-refractivity contribution in [2.24, 2.45) is 4.99 Å². The van der Waals surface area contributed by atoms with Gasteiger partial charge in [0.1, 0.15) is 11.6 Å². The second-order valence-corrected chi connectivity index (χ2v) is 8.09. The monoisotopic (exact) mass is 571 g/mol. The van der Waals surface area contributed by atoms with Gasteiger partial charge in [-0.25, -0.2) is 13.8 Å². The average molecular weight is 571 g/mol. The van der Waals surface area contributed by atoms with Gasteiger partial charge in [-0.3, -0.25) is 0 Å².